The van der Waals surface area contributed by atoms with Crippen molar-refractivity contribution in [1.82, 2.24) is 4.57 Å². The molecule has 0 atom stereocenters. The number of nitrogens with zero attached hydrogens (tertiary/aromatic N) is 1. The molecule has 4 nitrogen and oxygen atoms in total. The van der Waals surface area contributed by atoms with Gasteiger partial charge in [-0.25, -0.2) is 0 Å². The van der Waals surface area contributed by atoms with Crippen molar-refractivity contribution >= 4 is 43.5 Å². The van der Waals surface area contributed by atoms with E-state index >= 15 is 0 Å². The minimum atomic E-state index is -0.303. The van der Waals surface area contributed by atoms with E-state index in [1.54, 1.807) is 0 Å². The van der Waals surface area contributed by atoms with E-state index in [0.29, 0.717) is 4.47 Å². The molecule has 0 radical (unpaired) electrons. The van der Waals surface area contributed by atoms with E-state index in [9.17, 15) is 9.59 Å². The highest BCUT2D eigenvalue weighted by Gasteiger charge is 2.25. The van der Waals surface area contributed by atoms with Crippen molar-refractivity contribution in [2.45, 2.75) is 65.8 Å². The molecular weight excluding hydrogens is 484 g/mol. The molecule has 1 amide bonds. The zero-order valence-corrected chi connectivity index (χ0v) is 19.8. The highest BCUT2D eigenvalue weighted by atomic mass is 79.9. The van der Waals surface area contributed by atoms with Crippen molar-refractivity contribution < 1.29 is 4.79 Å². The number of hydrogen-bond donors (Lipinski definition) is 1. The van der Waals surface area contributed by atoms with Crippen LogP contribution in [0.4, 0.5) is 5.69 Å². The Morgan fingerprint density at radius 2 is 1.75 bits per heavy atom. The number of fused-ring (bicyclic) bond motifs is 1. The molecule has 0 spiro atoms. The van der Waals surface area contributed by atoms with E-state index in [0.717, 1.165) is 77.7 Å². The second-order valence-electron chi connectivity index (χ2n) is 7.27. The SMILES string of the molecule is CCc1cc(Br)cc(CC)c1NC(=O)c1c2n(c(C)c(Br)c1=O)CCCCC2. The van der Waals surface area contributed by atoms with Gasteiger partial charge < -0.3 is 9.88 Å². The van der Waals surface area contributed by atoms with E-state index in [1.807, 2.05) is 19.1 Å². The van der Waals surface area contributed by atoms with Crippen LogP contribution in [-0.2, 0) is 25.8 Å². The van der Waals surface area contributed by atoms with Crippen molar-refractivity contribution in [2.75, 3.05) is 5.32 Å². The van der Waals surface area contributed by atoms with E-state index in [-0.39, 0.29) is 16.9 Å². The summed E-state index contributed by atoms with van der Waals surface area (Å²) in [6.07, 6.45) is 5.54. The van der Waals surface area contributed by atoms with Crippen molar-refractivity contribution in [2.24, 2.45) is 0 Å². The average Bonchev–Trinajstić information content (AvgIpc) is 2.93. The number of halogens is 2. The Labute approximate surface area is 183 Å². The number of nitrogens with one attached hydrogen (secondary N) is 1. The number of aromatic nitrogens is 1. The maximum absolute atomic E-state index is 13.3. The van der Waals surface area contributed by atoms with Gasteiger partial charge in [-0.1, -0.05) is 36.2 Å². The van der Waals surface area contributed by atoms with Crippen LogP contribution in [-0.4, -0.2) is 10.5 Å². The largest absolute Gasteiger partial charge is 0.347 e. The smallest absolute Gasteiger partial charge is 0.261 e. The topological polar surface area (TPSA) is 51.1 Å². The number of pyridine rings is 1. The lowest BCUT2D eigenvalue weighted by Gasteiger charge is -2.20. The summed E-state index contributed by atoms with van der Waals surface area (Å²) in [4.78, 5) is 26.4. The molecule has 28 heavy (non-hydrogen) atoms. The van der Waals surface area contributed by atoms with Crippen LogP contribution in [0.1, 0.15) is 66.0 Å². The molecule has 150 valence electrons. The van der Waals surface area contributed by atoms with Gasteiger partial charge in [0.2, 0.25) is 5.43 Å². The second kappa shape index (κ2) is 8.95. The summed E-state index contributed by atoms with van der Waals surface area (Å²) >= 11 is 6.99. The van der Waals surface area contributed by atoms with Crippen molar-refractivity contribution in [1.29, 1.82) is 0 Å². The molecule has 0 unspecified atom stereocenters. The van der Waals surface area contributed by atoms with E-state index in [2.05, 4.69) is 55.6 Å². The third-order valence-electron chi connectivity index (χ3n) is 5.55. The molecule has 2 aromatic rings. The van der Waals surface area contributed by atoms with Crippen LogP contribution in [0.15, 0.2) is 25.9 Å². The monoisotopic (exact) mass is 508 g/mol. The number of amides is 1. The molecule has 2 heterocycles. The first kappa shape index (κ1) is 21.3. The maximum atomic E-state index is 13.3. The van der Waals surface area contributed by atoms with Gasteiger partial charge in [-0.2, -0.15) is 0 Å². The number of aryl methyl sites for hydroxylation is 2. The number of benzene rings is 1. The zero-order valence-electron chi connectivity index (χ0n) is 16.6. The van der Waals surface area contributed by atoms with Gasteiger partial charge in [0.05, 0.1) is 4.47 Å². The predicted octanol–water partition coefficient (Wildman–Crippen LogP) is 5.79. The first-order chi connectivity index (χ1) is 13.4. The Morgan fingerprint density at radius 1 is 1.11 bits per heavy atom. The minimum absolute atomic E-state index is 0.212. The second-order valence-corrected chi connectivity index (χ2v) is 8.98. The predicted molar refractivity (Wildman–Crippen MR) is 122 cm³/mol. The van der Waals surface area contributed by atoms with Crippen LogP contribution in [0.2, 0.25) is 0 Å². The maximum Gasteiger partial charge on any atom is 0.261 e. The fourth-order valence-electron chi connectivity index (χ4n) is 4.02. The quantitative estimate of drug-likeness (QED) is 0.567. The molecule has 0 saturated heterocycles. The number of carbonyl (C=O) groups excluding carboxylic acids is 1. The summed E-state index contributed by atoms with van der Waals surface area (Å²) in [6.45, 7) is 6.93. The van der Waals surface area contributed by atoms with E-state index in [1.165, 1.54) is 0 Å². The highest BCUT2D eigenvalue weighted by molar-refractivity contribution is 9.10. The lowest BCUT2D eigenvalue weighted by molar-refractivity contribution is 0.102. The standard InChI is InChI=1S/C22H26Br2N2O2/c1-4-14-11-16(23)12-15(5-2)20(14)25-22(28)18-17-9-7-6-8-10-26(17)13(3)19(24)21(18)27/h11-12H,4-10H2,1-3H3,(H,25,28). The zero-order chi connectivity index (χ0) is 20.4. The molecule has 1 aromatic carbocycles. The van der Waals surface area contributed by atoms with Gasteiger partial charge >= 0.3 is 0 Å². The molecule has 0 fully saturated rings. The molecule has 1 N–H and O–H groups in total. The fourth-order valence-corrected chi connectivity index (χ4v) is 4.98. The number of anilines is 1. The first-order valence-electron chi connectivity index (χ1n) is 9.93. The normalized spacial score (nSPS) is 13.8. The summed E-state index contributed by atoms with van der Waals surface area (Å²) in [5.74, 6) is -0.303. The summed E-state index contributed by atoms with van der Waals surface area (Å²) in [5, 5.41) is 3.09. The summed E-state index contributed by atoms with van der Waals surface area (Å²) in [6, 6.07) is 4.07. The molecule has 0 aliphatic carbocycles. The van der Waals surface area contributed by atoms with Crippen LogP contribution in [0.25, 0.3) is 0 Å². The average molecular weight is 510 g/mol. The first-order valence-corrected chi connectivity index (χ1v) is 11.5. The summed E-state index contributed by atoms with van der Waals surface area (Å²) in [5.41, 5.74) is 4.82. The van der Waals surface area contributed by atoms with Crippen LogP contribution in [0.3, 0.4) is 0 Å². The lowest BCUT2D eigenvalue weighted by Crippen LogP contribution is -2.29. The van der Waals surface area contributed by atoms with Crippen LogP contribution in [0.5, 0.6) is 0 Å². The molecule has 1 aromatic heterocycles. The van der Waals surface area contributed by atoms with Crippen molar-refractivity contribution in [3.05, 3.63) is 59.4 Å². The van der Waals surface area contributed by atoms with Crippen molar-refractivity contribution in [3.63, 3.8) is 0 Å². The van der Waals surface area contributed by atoms with Crippen LogP contribution < -0.4 is 10.7 Å². The fraction of sp³-hybridized carbons (Fsp3) is 0.455. The molecular formula is C22H26Br2N2O2. The molecule has 0 bridgehead atoms. The third-order valence-corrected chi connectivity index (χ3v) is 6.94. The molecule has 3 rings (SSSR count). The number of hydrogen-bond acceptors (Lipinski definition) is 2. The molecule has 6 heteroatoms. The summed E-state index contributed by atoms with van der Waals surface area (Å²) in [7, 11) is 0. The Morgan fingerprint density at radius 3 is 2.36 bits per heavy atom. The molecule has 1 aliphatic heterocycles. The highest BCUT2D eigenvalue weighted by Crippen LogP contribution is 2.29. The van der Waals surface area contributed by atoms with E-state index in [4.69, 9.17) is 0 Å². The van der Waals surface area contributed by atoms with Gasteiger partial charge in [0.1, 0.15) is 5.56 Å². The van der Waals surface area contributed by atoms with Crippen molar-refractivity contribution in [3.8, 4) is 0 Å². The molecule has 0 saturated carbocycles. The minimum Gasteiger partial charge on any atom is -0.347 e. The third kappa shape index (κ3) is 3.99. The van der Waals surface area contributed by atoms with Crippen LogP contribution >= 0.6 is 31.9 Å². The van der Waals surface area contributed by atoms with Gasteiger partial charge in [0, 0.05) is 28.1 Å². The Bertz CT molecular complexity index is 954. The van der Waals surface area contributed by atoms with Crippen LogP contribution in [0, 0.1) is 6.92 Å². The number of rotatable bonds is 4. The lowest BCUT2D eigenvalue weighted by atomic mass is 10.0. The van der Waals surface area contributed by atoms with Gasteiger partial charge in [-0.05, 0) is 78.2 Å². The Kier molecular flexibility index (Phi) is 6.81. The summed E-state index contributed by atoms with van der Waals surface area (Å²) < 4.78 is 3.65. The van der Waals surface area contributed by atoms with Gasteiger partial charge in [-0.3, -0.25) is 9.59 Å². The van der Waals surface area contributed by atoms with Gasteiger partial charge in [0.15, 0.2) is 0 Å². The Balaban J connectivity index is 2.13. The number of carbonyl (C=O) groups is 1. The van der Waals surface area contributed by atoms with Gasteiger partial charge in [-0.15, -0.1) is 0 Å². The van der Waals surface area contributed by atoms with E-state index < -0.39 is 0 Å². The Hall–Kier alpha value is -1.40. The molecule has 1 aliphatic rings. The van der Waals surface area contributed by atoms with Gasteiger partial charge in [0.25, 0.3) is 5.91 Å².